The van der Waals surface area contributed by atoms with E-state index in [1.54, 1.807) is 0 Å². The van der Waals surface area contributed by atoms with Crippen LogP contribution in [0.4, 0.5) is 0 Å². The zero-order chi connectivity index (χ0) is 14.5. The Bertz CT molecular complexity index is 1080. The normalized spacial score (nSPS) is 11.6. The summed E-state index contributed by atoms with van der Waals surface area (Å²) < 4.78 is 0. The largest absolute Gasteiger partial charge is 0.149 e. The molecule has 22 heavy (non-hydrogen) atoms. The molecule has 0 radical (unpaired) electrons. The number of benzene rings is 4. The van der Waals surface area contributed by atoms with Gasteiger partial charge in [0, 0.05) is 21.5 Å². The molecule has 0 bridgehead atoms. The molecule has 0 amide bonds. The fourth-order valence-corrected chi connectivity index (χ4v) is 3.26. The van der Waals surface area contributed by atoms with Crippen molar-refractivity contribution in [3.63, 3.8) is 0 Å². The Kier molecular flexibility index (Phi) is 2.25. The number of hydrogen-bond donors (Lipinski definition) is 0. The van der Waals surface area contributed by atoms with Crippen molar-refractivity contribution in [3.05, 3.63) is 72.8 Å². The van der Waals surface area contributed by atoms with E-state index < -0.39 is 0 Å². The minimum Gasteiger partial charge on any atom is -0.149 e. The van der Waals surface area contributed by atoms with Crippen LogP contribution < -0.4 is 0 Å². The van der Waals surface area contributed by atoms with Gasteiger partial charge in [0.15, 0.2) is 0 Å². The minimum atomic E-state index is 0.973. The molecule has 0 N–H and O–H groups in total. The molecule has 0 unspecified atom stereocenters. The van der Waals surface area contributed by atoms with Crippen LogP contribution in [0.2, 0.25) is 0 Å². The van der Waals surface area contributed by atoms with Gasteiger partial charge in [-0.3, -0.25) is 0 Å². The highest BCUT2D eigenvalue weighted by Crippen LogP contribution is 2.31. The third-order valence-corrected chi connectivity index (χ3v) is 4.34. The highest BCUT2D eigenvalue weighted by molar-refractivity contribution is 6.18. The van der Waals surface area contributed by atoms with Gasteiger partial charge in [0.1, 0.15) is 11.0 Å². The van der Waals surface area contributed by atoms with Crippen LogP contribution in [0.5, 0.6) is 0 Å². The van der Waals surface area contributed by atoms with E-state index in [9.17, 15) is 0 Å². The van der Waals surface area contributed by atoms with Crippen LogP contribution in [0.15, 0.2) is 72.8 Å². The van der Waals surface area contributed by atoms with Crippen molar-refractivity contribution in [2.45, 2.75) is 0 Å². The van der Waals surface area contributed by atoms with Gasteiger partial charge in [-0.1, -0.05) is 72.8 Å². The maximum absolute atomic E-state index is 4.54. The van der Waals surface area contributed by atoms with E-state index in [0.717, 1.165) is 32.6 Å². The molecule has 1 aromatic heterocycles. The highest BCUT2D eigenvalue weighted by atomic mass is 15.1. The van der Waals surface area contributed by atoms with Crippen molar-refractivity contribution in [1.29, 1.82) is 0 Å². The Morgan fingerprint density at radius 1 is 0.409 bits per heavy atom. The van der Waals surface area contributed by atoms with Gasteiger partial charge in [-0.15, -0.1) is 10.2 Å². The van der Waals surface area contributed by atoms with Crippen LogP contribution in [0.1, 0.15) is 0 Å². The molecule has 102 valence electrons. The molecule has 2 nitrogen and oxygen atoms in total. The topological polar surface area (TPSA) is 25.8 Å². The second-order valence-electron chi connectivity index (χ2n) is 5.57. The molecule has 5 aromatic rings. The summed E-state index contributed by atoms with van der Waals surface area (Å²) in [5.74, 6) is 0. The third-order valence-electron chi connectivity index (χ3n) is 4.34. The second kappa shape index (κ2) is 4.25. The lowest BCUT2D eigenvalue weighted by atomic mass is 10.0. The van der Waals surface area contributed by atoms with Crippen molar-refractivity contribution in [3.8, 4) is 0 Å². The highest BCUT2D eigenvalue weighted by Gasteiger charge is 2.09. The predicted molar refractivity (Wildman–Crippen MR) is 92.1 cm³/mol. The number of aromatic nitrogens is 2. The van der Waals surface area contributed by atoms with Gasteiger partial charge in [-0.05, 0) is 10.8 Å². The summed E-state index contributed by atoms with van der Waals surface area (Å²) in [6.45, 7) is 0. The lowest BCUT2D eigenvalue weighted by molar-refractivity contribution is 1.13. The van der Waals surface area contributed by atoms with E-state index in [1.165, 1.54) is 10.8 Å². The lowest BCUT2D eigenvalue weighted by Crippen LogP contribution is -1.90. The van der Waals surface area contributed by atoms with E-state index in [2.05, 4.69) is 70.9 Å². The molecule has 0 saturated heterocycles. The van der Waals surface area contributed by atoms with Crippen LogP contribution in [-0.2, 0) is 0 Å². The first kappa shape index (κ1) is 11.6. The molecule has 5 rings (SSSR count). The number of fused-ring (bicyclic) bond motifs is 7. The smallest absolute Gasteiger partial charge is 0.101 e. The monoisotopic (exact) mass is 280 g/mol. The molecule has 0 atom stereocenters. The SMILES string of the molecule is c1ccc2c(c1)ccc1c3ccc4ccccc4c3nnc21. The zero-order valence-electron chi connectivity index (χ0n) is 11.8. The van der Waals surface area contributed by atoms with Crippen molar-refractivity contribution in [2.75, 3.05) is 0 Å². The Hall–Kier alpha value is -3.00. The van der Waals surface area contributed by atoms with Crippen LogP contribution >= 0.6 is 0 Å². The molecule has 2 heteroatoms. The van der Waals surface area contributed by atoms with E-state index in [0.29, 0.717) is 0 Å². The van der Waals surface area contributed by atoms with Crippen LogP contribution in [0.3, 0.4) is 0 Å². The molecule has 0 aliphatic heterocycles. The first-order chi connectivity index (χ1) is 10.9. The van der Waals surface area contributed by atoms with Crippen molar-refractivity contribution in [1.82, 2.24) is 10.2 Å². The first-order valence-electron chi connectivity index (χ1n) is 7.37. The maximum atomic E-state index is 4.54. The third kappa shape index (κ3) is 1.49. The standard InChI is InChI=1S/C20H12N2/c1-3-7-15-13(5-1)9-11-17-18-12-10-14-6-2-4-8-16(14)20(18)22-21-19(15)17/h1-12H. The molecule has 0 fully saturated rings. The fraction of sp³-hybridized carbons (Fsp3) is 0. The van der Waals surface area contributed by atoms with Crippen LogP contribution in [0, 0.1) is 0 Å². The molecular weight excluding hydrogens is 268 g/mol. The first-order valence-corrected chi connectivity index (χ1v) is 7.37. The quantitative estimate of drug-likeness (QED) is 0.369. The molecular formula is C20H12N2. The minimum absolute atomic E-state index is 0.973. The van der Waals surface area contributed by atoms with Gasteiger partial charge in [0.2, 0.25) is 0 Å². The average Bonchev–Trinajstić information content (AvgIpc) is 2.60. The zero-order valence-corrected chi connectivity index (χ0v) is 11.8. The number of nitrogens with zero attached hydrogens (tertiary/aromatic N) is 2. The van der Waals surface area contributed by atoms with Crippen LogP contribution in [0.25, 0.3) is 43.4 Å². The van der Waals surface area contributed by atoms with E-state index in [-0.39, 0.29) is 0 Å². The summed E-state index contributed by atoms with van der Waals surface area (Å²) in [4.78, 5) is 0. The summed E-state index contributed by atoms with van der Waals surface area (Å²) in [5, 5.41) is 16.1. The molecule has 0 aliphatic carbocycles. The van der Waals surface area contributed by atoms with Gasteiger partial charge >= 0.3 is 0 Å². The second-order valence-corrected chi connectivity index (χ2v) is 5.57. The summed E-state index contributed by atoms with van der Waals surface area (Å²) >= 11 is 0. The van der Waals surface area contributed by atoms with Crippen molar-refractivity contribution >= 4 is 43.4 Å². The van der Waals surface area contributed by atoms with Crippen molar-refractivity contribution in [2.24, 2.45) is 0 Å². The molecule has 4 aromatic carbocycles. The van der Waals surface area contributed by atoms with Crippen LogP contribution in [-0.4, -0.2) is 10.2 Å². The van der Waals surface area contributed by atoms with E-state index >= 15 is 0 Å². The van der Waals surface area contributed by atoms with Gasteiger partial charge in [0.25, 0.3) is 0 Å². The number of rotatable bonds is 0. The van der Waals surface area contributed by atoms with E-state index in [4.69, 9.17) is 0 Å². The fourth-order valence-electron chi connectivity index (χ4n) is 3.26. The predicted octanol–water partition coefficient (Wildman–Crippen LogP) is 5.09. The van der Waals surface area contributed by atoms with E-state index in [1.807, 2.05) is 12.1 Å². The molecule has 1 heterocycles. The lowest BCUT2D eigenvalue weighted by Gasteiger charge is -2.07. The molecule has 0 aliphatic rings. The Balaban J connectivity index is 2.04. The Labute approximate surface area is 127 Å². The summed E-state index contributed by atoms with van der Waals surface area (Å²) in [5.41, 5.74) is 1.95. The maximum Gasteiger partial charge on any atom is 0.101 e. The molecule has 0 spiro atoms. The van der Waals surface area contributed by atoms with Gasteiger partial charge in [-0.25, -0.2) is 0 Å². The average molecular weight is 280 g/mol. The van der Waals surface area contributed by atoms with Gasteiger partial charge in [-0.2, -0.15) is 0 Å². The summed E-state index contributed by atoms with van der Waals surface area (Å²) in [6, 6.07) is 25.3. The van der Waals surface area contributed by atoms with Gasteiger partial charge < -0.3 is 0 Å². The Morgan fingerprint density at radius 3 is 1.36 bits per heavy atom. The number of hydrogen-bond acceptors (Lipinski definition) is 2. The summed E-state index contributed by atoms with van der Waals surface area (Å²) in [7, 11) is 0. The van der Waals surface area contributed by atoms with Gasteiger partial charge in [0.05, 0.1) is 0 Å². The Morgan fingerprint density at radius 2 is 0.864 bits per heavy atom. The van der Waals surface area contributed by atoms with Crippen molar-refractivity contribution < 1.29 is 0 Å². The summed E-state index contributed by atoms with van der Waals surface area (Å²) in [6.07, 6.45) is 0. The molecule has 0 saturated carbocycles.